The Bertz CT molecular complexity index is 2020. The van der Waals surface area contributed by atoms with E-state index in [0.29, 0.717) is 31.6 Å². The zero-order valence-electron chi connectivity index (χ0n) is 65.5. The predicted octanol–water partition coefficient (Wildman–Crippen LogP) is 24.4. The third-order valence-corrected chi connectivity index (χ3v) is 20.6. The van der Waals surface area contributed by atoms with E-state index in [2.05, 4.69) is 58.9 Å². The Labute approximate surface area is 618 Å². The summed E-state index contributed by atoms with van der Waals surface area (Å²) in [6.07, 6.45) is 69.0. The summed E-state index contributed by atoms with van der Waals surface area (Å²) >= 11 is 0. The highest BCUT2D eigenvalue weighted by molar-refractivity contribution is 7.47. The van der Waals surface area contributed by atoms with Crippen LogP contribution in [-0.4, -0.2) is 96.7 Å². The molecule has 3 N–H and O–H groups in total. The van der Waals surface area contributed by atoms with Crippen LogP contribution in [0.3, 0.4) is 0 Å². The summed E-state index contributed by atoms with van der Waals surface area (Å²) in [7, 11) is -9.93. The molecule has 0 aliphatic rings. The Morgan fingerprint density at radius 3 is 0.812 bits per heavy atom. The third-order valence-electron chi connectivity index (χ3n) is 18.7. The molecule has 0 aromatic heterocycles. The van der Waals surface area contributed by atoms with Crippen molar-refractivity contribution in [1.29, 1.82) is 0 Å². The maximum Gasteiger partial charge on any atom is 0.472 e. The number of aliphatic hydroxyl groups is 1. The lowest BCUT2D eigenvalue weighted by molar-refractivity contribution is -0.161. The molecule has 0 aliphatic carbocycles. The molecule has 5 atom stereocenters. The number of unbranched alkanes of at least 4 members (excludes halogenated alkanes) is 49. The molecule has 0 radical (unpaired) electrons. The summed E-state index contributed by atoms with van der Waals surface area (Å²) < 4.78 is 68.7. The van der Waals surface area contributed by atoms with Gasteiger partial charge in [-0.1, -0.05) is 361 Å². The number of carbonyl (C=O) groups is 4. The average Bonchev–Trinajstić information content (AvgIpc) is 0.985. The monoisotopic (exact) mass is 1480 g/mol. The number of aliphatic hydroxyl groups excluding tert-OH is 1. The Morgan fingerprint density at radius 2 is 0.535 bits per heavy atom. The van der Waals surface area contributed by atoms with Crippen molar-refractivity contribution in [2.24, 2.45) is 5.92 Å². The van der Waals surface area contributed by atoms with Crippen LogP contribution in [0.15, 0.2) is 24.3 Å². The van der Waals surface area contributed by atoms with Crippen LogP contribution < -0.4 is 0 Å². The lowest BCUT2D eigenvalue weighted by Gasteiger charge is -2.21. The summed E-state index contributed by atoms with van der Waals surface area (Å²) in [6, 6.07) is 0. The maximum absolute atomic E-state index is 13.1. The fourth-order valence-electron chi connectivity index (χ4n) is 12.2. The first-order valence-corrected chi connectivity index (χ1v) is 44.9. The first-order valence-electron chi connectivity index (χ1n) is 42.0. The normalized spacial score (nSPS) is 14.0. The van der Waals surface area contributed by atoms with Crippen molar-refractivity contribution in [3.8, 4) is 0 Å². The molecular weight excluding hydrogens is 1320 g/mol. The van der Waals surface area contributed by atoms with E-state index >= 15 is 0 Å². The van der Waals surface area contributed by atoms with Gasteiger partial charge in [0.15, 0.2) is 12.2 Å². The largest absolute Gasteiger partial charge is 0.472 e. The minimum absolute atomic E-state index is 0.102. The molecule has 0 amide bonds. The van der Waals surface area contributed by atoms with Gasteiger partial charge in [0, 0.05) is 25.7 Å². The van der Waals surface area contributed by atoms with Crippen LogP contribution in [0.25, 0.3) is 0 Å². The molecule has 596 valence electrons. The number of carbonyl (C=O) groups excluding carboxylic acids is 4. The molecular formula is C82H156O17P2. The number of ether oxygens (including phenoxy) is 4. The quantitative estimate of drug-likeness (QED) is 0.0169. The number of esters is 4. The van der Waals surface area contributed by atoms with Gasteiger partial charge in [0.1, 0.15) is 19.3 Å². The van der Waals surface area contributed by atoms with E-state index in [1.807, 2.05) is 0 Å². The first-order chi connectivity index (χ1) is 49.0. The molecule has 2 unspecified atom stereocenters. The predicted molar refractivity (Wildman–Crippen MR) is 414 cm³/mol. The summed E-state index contributed by atoms with van der Waals surface area (Å²) in [4.78, 5) is 73.0. The van der Waals surface area contributed by atoms with Crippen LogP contribution in [0.1, 0.15) is 413 Å². The Hall–Kier alpha value is -2.46. The van der Waals surface area contributed by atoms with E-state index in [-0.39, 0.29) is 25.7 Å². The van der Waals surface area contributed by atoms with Gasteiger partial charge in [-0.3, -0.25) is 37.3 Å². The topological polar surface area (TPSA) is 237 Å². The molecule has 101 heavy (non-hydrogen) atoms. The van der Waals surface area contributed by atoms with Crippen molar-refractivity contribution in [2.75, 3.05) is 39.6 Å². The molecule has 0 rings (SSSR count). The van der Waals surface area contributed by atoms with Crippen LogP contribution in [0.4, 0.5) is 0 Å². The van der Waals surface area contributed by atoms with Gasteiger partial charge in [-0.05, 0) is 57.3 Å². The van der Waals surface area contributed by atoms with E-state index in [9.17, 15) is 43.2 Å². The molecule has 0 saturated heterocycles. The highest BCUT2D eigenvalue weighted by Gasteiger charge is 2.30. The number of rotatable bonds is 80. The molecule has 0 aliphatic heterocycles. The SMILES string of the molecule is CCCCCC/C=C\C=C/CCCCCCCC(=O)OC[C@H](COP(=O)(O)OC[C@@H](O)COP(=O)(O)OC[C@@H](COC(=O)CCCCCCCCCC(C)C)OC(=O)CCCCCCCCCCCCCCCC)OC(=O)CCCCCCCCCCCCCCCCCCCCCCCC. The fourth-order valence-corrected chi connectivity index (χ4v) is 13.8. The maximum atomic E-state index is 13.1. The summed E-state index contributed by atoms with van der Waals surface area (Å²) in [6.45, 7) is 7.21. The van der Waals surface area contributed by atoms with Crippen molar-refractivity contribution in [3.63, 3.8) is 0 Å². The summed E-state index contributed by atoms with van der Waals surface area (Å²) in [5.41, 5.74) is 0. The van der Waals surface area contributed by atoms with Crippen LogP contribution in [0, 0.1) is 5.92 Å². The Balaban J connectivity index is 5.24. The molecule has 0 fully saturated rings. The molecule has 19 heteroatoms. The summed E-state index contributed by atoms with van der Waals surface area (Å²) in [5, 5.41) is 10.6. The van der Waals surface area contributed by atoms with Crippen molar-refractivity contribution in [2.45, 2.75) is 432 Å². The lowest BCUT2D eigenvalue weighted by Crippen LogP contribution is -2.30. The molecule has 0 spiro atoms. The number of phosphoric ester groups is 2. The Morgan fingerprint density at radius 1 is 0.307 bits per heavy atom. The van der Waals surface area contributed by atoms with Gasteiger partial charge in [0.05, 0.1) is 26.4 Å². The lowest BCUT2D eigenvalue weighted by atomic mass is 10.0. The van der Waals surface area contributed by atoms with E-state index in [1.54, 1.807) is 0 Å². The summed E-state index contributed by atoms with van der Waals surface area (Å²) in [5.74, 6) is -1.43. The van der Waals surface area contributed by atoms with Gasteiger partial charge in [0.25, 0.3) is 0 Å². The second kappa shape index (κ2) is 74.4. The van der Waals surface area contributed by atoms with Crippen molar-refractivity contribution < 1.29 is 80.2 Å². The Kier molecular flexibility index (Phi) is 72.6. The standard InChI is InChI=1S/C82H156O17P2/c1-6-9-12-15-18-21-24-27-30-31-32-33-34-35-36-38-41-44-47-52-58-63-68-81(86)98-77(71-92-79(84)65-60-55-50-45-42-40-37-28-25-22-19-16-13-10-7-2)73-96-100(88,89)94-69-76(83)70-95-101(90,91)97-74-78(72-93-80(85)66-61-56-53-48-49-54-59-64-75(4)5)99-82(87)67-62-57-51-46-43-39-29-26-23-20-17-14-11-8-3/h22,25,28,37,75-78,83H,6-21,23-24,26-27,29-36,38-74H2,1-5H3,(H,88,89)(H,90,91)/b25-22-,37-28-/t76-,77-,78-/m1/s1. The van der Waals surface area contributed by atoms with Crippen LogP contribution in [0.2, 0.25) is 0 Å². The van der Waals surface area contributed by atoms with E-state index in [1.165, 1.54) is 212 Å². The van der Waals surface area contributed by atoms with Crippen LogP contribution >= 0.6 is 15.6 Å². The number of phosphoric acid groups is 2. The van der Waals surface area contributed by atoms with Gasteiger partial charge in [-0.25, -0.2) is 9.13 Å². The highest BCUT2D eigenvalue weighted by atomic mass is 31.2. The fraction of sp³-hybridized carbons (Fsp3) is 0.902. The van der Waals surface area contributed by atoms with Gasteiger partial charge in [0.2, 0.25) is 0 Å². The van der Waals surface area contributed by atoms with Gasteiger partial charge >= 0.3 is 39.5 Å². The van der Waals surface area contributed by atoms with Crippen LogP contribution in [-0.2, 0) is 65.4 Å². The minimum atomic E-state index is -4.97. The highest BCUT2D eigenvalue weighted by Crippen LogP contribution is 2.45. The number of hydrogen-bond acceptors (Lipinski definition) is 15. The first kappa shape index (κ1) is 98.5. The average molecular weight is 1480 g/mol. The van der Waals surface area contributed by atoms with E-state index in [0.717, 1.165) is 116 Å². The zero-order valence-corrected chi connectivity index (χ0v) is 67.3. The molecule has 0 aromatic carbocycles. The van der Waals surface area contributed by atoms with Crippen molar-refractivity contribution >= 4 is 39.5 Å². The van der Waals surface area contributed by atoms with Gasteiger partial charge in [-0.2, -0.15) is 0 Å². The number of hydrogen-bond donors (Lipinski definition) is 3. The smallest absolute Gasteiger partial charge is 0.462 e. The molecule has 17 nitrogen and oxygen atoms in total. The minimum Gasteiger partial charge on any atom is -0.462 e. The molecule has 0 bridgehead atoms. The van der Waals surface area contributed by atoms with Gasteiger partial charge < -0.3 is 33.8 Å². The van der Waals surface area contributed by atoms with E-state index < -0.39 is 97.5 Å². The van der Waals surface area contributed by atoms with Crippen LogP contribution in [0.5, 0.6) is 0 Å². The molecule has 0 heterocycles. The van der Waals surface area contributed by atoms with Crippen molar-refractivity contribution in [3.05, 3.63) is 24.3 Å². The van der Waals surface area contributed by atoms with Gasteiger partial charge in [-0.15, -0.1) is 0 Å². The second-order valence-corrected chi connectivity index (χ2v) is 32.2. The van der Waals surface area contributed by atoms with Crippen molar-refractivity contribution in [1.82, 2.24) is 0 Å². The third kappa shape index (κ3) is 75.6. The molecule has 0 aromatic rings. The number of allylic oxidation sites excluding steroid dienone is 4. The van der Waals surface area contributed by atoms with E-state index in [4.69, 9.17) is 37.0 Å². The zero-order chi connectivity index (χ0) is 74.1. The molecule has 0 saturated carbocycles. The second-order valence-electron chi connectivity index (χ2n) is 29.3.